The minimum absolute atomic E-state index is 0.571. The number of aryl methyl sites for hydroxylation is 1. The second-order valence-electron chi connectivity index (χ2n) is 7.71. The Morgan fingerprint density at radius 1 is 1.04 bits per heavy atom. The number of H-pyrrole nitrogens is 1. The van der Waals surface area contributed by atoms with Crippen LogP contribution in [0, 0.1) is 0 Å². The Balaban J connectivity index is 1.92. The maximum absolute atomic E-state index is 5.77. The van der Waals surface area contributed by atoms with Gasteiger partial charge in [-0.05, 0) is 73.5 Å². The van der Waals surface area contributed by atoms with Crippen molar-refractivity contribution in [2.75, 3.05) is 6.54 Å². The van der Waals surface area contributed by atoms with Crippen molar-refractivity contribution in [2.24, 2.45) is 5.73 Å². The van der Waals surface area contributed by atoms with Gasteiger partial charge in [-0.2, -0.15) is 0 Å². The van der Waals surface area contributed by atoms with Crippen molar-refractivity contribution in [1.29, 1.82) is 0 Å². The third-order valence-corrected chi connectivity index (χ3v) is 5.91. The largest absolute Gasteiger partial charge is 0.354 e. The number of nitrogens with zero attached hydrogens (tertiary/aromatic N) is 1. The minimum atomic E-state index is 0.571. The van der Waals surface area contributed by atoms with Gasteiger partial charge in [0.2, 0.25) is 0 Å². The number of nitrogens with two attached hydrogens (primary N) is 1. The van der Waals surface area contributed by atoms with Crippen molar-refractivity contribution >= 4 is 21.8 Å². The van der Waals surface area contributed by atoms with Crippen LogP contribution in [0.1, 0.15) is 50.2 Å². The molecule has 0 aliphatic carbocycles. The van der Waals surface area contributed by atoms with Gasteiger partial charge in [0, 0.05) is 28.0 Å². The molecule has 0 bridgehead atoms. The predicted molar refractivity (Wildman–Crippen MR) is 120 cm³/mol. The number of aromatic nitrogens is 2. The van der Waals surface area contributed by atoms with Gasteiger partial charge < -0.3 is 10.7 Å². The number of nitrogens with one attached hydrogen (secondary N) is 1. The van der Waals surface area contributed by atoms with E-state index in [1.807, 2.05) is 12.3 Å². The van der Waals surface area contributed by atoms with Crippen LogP contribution >= 0.6 is 0 Å². The van der Waals surface area contributed by atoms with E-state index < -0.39 is 0 Å². The van der Waals surface area contributed by atoms with Crippen LogP contribution < -0.4 is 5.73 Å². The first-order chi connectivity index (χ1) is 13.7. The fraction of sp³-hybridized carbons (Fsp3) is 0.320. The highest BCUT2D eigenvalue weighted by atomic mass is 14.7. The number of unbranched alkanes of at least 4 members (excludes halogenated alkanes) is 1. The molecule has 1 atom stereocenters. The van der Waals surface area contributed by atoms with Gasteiger partial charge >= 0.3 is 0 Å². The van der Waals surface area contributed by atoms with E-state index in [4.69, 9.17) is 5.73 Å². The molecule has 2 aromatic carbocycles. The highest BCUT2D eigenvalue weighted by Crippen LogP contribution is 2.36. The lowest BCUT2D eigenvalue weighted by atomic mass is 9.94. The summed E-state index contributed by atoms with van der Waals surface area (Å²) < 4.78 is 0. The molecule has 28 heavy (non-hydrogen) atoms. The average Bonchev–Trinajstić information content (AvgIpc) is 3.10. The number of hydrogen-bond donors (Lipinski definition) is 2. The van der Waals surface area contributed by atoms with Gasteiger partial charge in [0.1, 0.15) is 0 Å². The third-order valence-electron chi connectivity index (χ3n) is 5.91. The molecule has 4 rings (SSSR count). The van der Waals surface area contributed by atoms with Gasteiger partial charge in [0.15, 0.2) is 0 Å². The lowest BCUT2D eigenvalue weighted by Gasteiger charge is -2.10. The van der Waals surface area contributed by atoms with E-state index in [1.165, 1.54) is 38.7 Å². The Kier molecular flexibility index (Phi) is 5.45. The first-order valence-corrected chi connectivity index (χ1v) is 10.4. The van der Waals surface area contributed by atoms with Gasteiger partial charge in [0.05, 0.1) is 11.2 Å². The smallest absolute Gasteiger partial charge is 0.0708 e. The zero-order valence-corrected chi connectivity index (χ0v) is 16.8. The van der Waals surface area contributed by atoms with Crippen molar-refractivity contribution in [3.8, 4) is 11.3 Å². The Bertz CT molecular complexity index is 1090. The van der Waals surface area contributed by atoms with Crippen molar-refractivity contribution in [1.82, 2.24) is 9.97 Å². The number of pyridine rings is 1. The van der Waals surface area contributed by atoms with Crippen molar-refractivity contribution in [2.45, 2.75) is 45.4 Å². The fourth-order valence-electron chi connectivity index (χ4n) is 4.06. The topological polar surface area (TPSA) is 54.7 Å². The molecule has 0 aliphatic heterocycles. The Morgan fingerprint density at radius 3 is 2.75 bits per heavy atom. The molecule has 0 spiro atoms. The number of aromatic amines is 1. The summed E-state index contributed by atoms with van der Waals surface area (Å²) in [5, 5.41) is 2.55. The van der Waals surface area contributed by atoms with E-state index in [1.54, 1.807) is 0 Å². The lowest BCUT2D eigenvalue weighted by Crippen LogP contribution is -1.99. The summed E-state index contributed by atoms with van der Waals surface area (Å²) in [4.78, 5) is 8.27. The van der Waals surface area contributed by atoms with Crippen LogP contribution in [0.15, 0.2) is 54.7 Å². The fourth-order valence-corrected chi connectivity index (χ4v) is 4.06. The molecule has 2 aromatic heterocycles. The molecule has 0 aliphatic rings. The maximum atomic E-state index is 5.77. The monoisotopic (exact) mass is 371 g/mol. The van der Waals surface area contributed by atoms with Crippen LogP contribution in [-0.4, -0.2) is 16.5 Å². The van der Waals surface area contributed by atoms with E-state index in [9.17, 15) is 0 Å². The van der Waals surface area contributed by atoms with Crippen LogP contribution in [0.5, 0.6) is 0 Å². The van der Waals surface area contributed by atoms with E-state index in [0.29, 0.717) is 5.92 Å². The Labute approximate surface area is 167 Å². The molecule has 1 unspecified atom stereocenters. The van der Waals surface area contributed by atoms with Crippen LogP contribution in [0.25, 0.3) is 33.1 Å². The lowest BCUT2D eigenvalue weighted by molar-refractivity contribution is 0.734. The normalized spacial score (nSPS) is 12.7. The van der Waals surface area contributed by atoms with Crippen LogP contribution in [0.2, 0.25) is 0 Å². The van der Waals surface area contributed by atoms with Crippen LogP contribution in [0.3, 0.4) is 0 Å². The zero-order chi connectivity index (χ0) is 19.5. The van der Waals surface area contributed by atoms with Crippen LogP contribution in [-0.2, 0) is 6.42 Å². The predicted octanol–water partition coefficient (Wildman–Crippen LogP) is 6.18. The van der Waals surface area contributed by atoms with Crippen LogP contribution in [0.4, 0.5) is 0 Å². The quantitative estimate of drug-likeness (QED) is 0.381. The van der Waals surface area contributed by atoms with Gasteiger partial charge in [0.25, 0.3) is 0 Å². The minimum Gasteiger partial charge on any atom is -0.354 e. The zero-order valence-electron chi connectivity index (χ0n) is 16.8. The molecule has 0 saturated heterocycles. The van der Waals surface area contributed by atoms with E-state index in [2.05, 4.69) is 66.3 Å². The van der Waals surface area contributed by atoms with Crippen molar-refractivity contribution < 1.29 is 0 Å². The number of fused-ring (bicyclic) bond motifs is 2. The second-order valence-corrected chi connectivity index (χ2v) is 7.71. The molecule has 144 valence electrons. The summed E-state index contributed by atoms with van der Waals surface area (Å²) in [6, 6.07) is 17.5. The highest BCUT2D eigenvalue weighted by molar-refractivity contribution is 5.99. The van der Waals surface area contributed by atoms with Crippen molar-refractivity contribution in [3.63, 3.8) is 0 Å². The van der Waals surface area contributed by atoms with E-state index in [0.717, 1.165) is 37.7 Å². The van der Waals surface area contributed by atoms with Crippen molar-refractivity contribution in [3.05, 3.63) is 65.9 Å². The summed E-state index contributed by atoms with van der Waals surface area (Å²) in [5.41, 5.74) is 13.3. The standard InChI is InChI=1S/C25H29N3/c1-3-17(2)18-12-13-24-22(16-18)21(8-4-5-14-26)25(28-24)20-9-6-11-23-19(20)10-7-15-27-23/h6-7,9-13,15-17,28H,3-5,8,14,26H2,1-2H3. The molecule has 0 saturated carbocycles. The molecule has 3 heteroatoms. The molecular formula is C25H29N3. The van der Waals surface area contributed by atoms with E-state index >= 15 is 0 Å². The molecular weight excluding hydrogens is 342 g/mol. The second kappa shape index (κ2) is 8.15. The van der Waals surface area contributed by atoms with Gasteiger partial charge in [-0.3, -0.25) is 4.98 Å². The first-order valence-electron chi connectivity index (χ1n) is 10.4. The molecule has 3 N–H and O–H groups in total. The average molecular weight is 372 g/mol. The highest BCUT2D eigenvalue weighted by Gasteiger charge is 2.16. The Hall–Kier alpha value is -2.65. The van der Waals surface area contributed by atoms with E-state index in [-0.39, 0.29) is 0 Å². The van der Waals surface area contributed by atoms with Gasteiger partial charge in [-0.25, -0.2) is 0 Å². The number of benzene rings is 2. The summed E-state index contributed by atoms with van der Waals surface area (Å²) in [5.74, 6) is 0.571. The molecule has 3 nitrogen and oxygen atoms in total. The first kappa shape index (κ1) is 18.7. The SMILES string of the molecule is CCC(C)c1ccc2[nH]c(-c3cccc4ncccc34)c(CCCCN)c2c1. The molecule has 0 amide bonds. The molecule has 4 aromatic rings. The third kappa shape index (κ3) is 3.43. The van der Waals surface area contributed by atoms with Gasteiger partial charge in [-0.15, -0.1) is 0 Å². The summed E-state index contributed by atoms with van der Waals surface area (Å²) in [6.07, 6.45) is 6.20. The molecule has 0 radical (unpaired) electrons. The number of hydrogen-bond acceptors (Lipinski definition) is 2. The summed E-state index contributed by atoms with van der Waals surface area (Å²) in [7, 11) is 0. The molecule has 0 fully saturated rings. The molecule has 2 heterocycles. The number of rotatable bonds is 7. The Morgan fingerprint density at radius 2 is 1.93 bits per heavy atom. The maximum Gasteiger partial charge on any atom is 0.0708 e. The summed E-state index contributed by atoms with van der Waals surface area (Å²) in [6.45, 7) is 5.30. The van der Waals surface area contributed by atoms with Gasteiger partial charge in [-0.1, -0.05) is 38.1 Å². The summed E-state index contributed by atoms with van der Waals surface area (Å²) >= 11 is 0.